The number of halogens is 5. The first-order chi connectivity index (χ1) is 9.72. The van der Waals surface area contributed by atoms with Crippen molar-refractivity contribution < 1.29 is 36.3 Å². The highest BCUT2D eigenvalue weighted by Crippen LogP contribution is 2.27. The molecule has 0 spiro atoms. The first-order valence-electron chi connectivity index (χ1n) is 5.46. The number of hydrogen-bond acceptors (Lipinski definition) is 4. The van der Waals surface area contributed by atoms with Gasteiger partial charge in [-0.05, 0) is 6.92 Å². The third-order valence-electron chi connectivity index (χ3n) is 2.28. The van der Waals surface area contributed by atoms with Crippen LogP contribution in [-0.2, 0) is 14.3 Å². The van der Waals surface area contributed by atoms with Gasteiger partial charge in [0.15, 0.2) is 29.3 Å². The van der Waals surface area contributed by atoms with Crippen LogP contribution in [0.2, 0.25) is 0 Å². The van der Waals surface area contributed by atoms with Crippen molar-refractivity contribution in [1.29, 1.82) is 0 Å². The topological polar surface area (TPSA) is 81.4 Å². The Morgan fingerprint density at radius 1 is 1.05 bits per heavy atom. The van der Waals surface area contributed by atoms with Crippen LogP contribution >= 0.6 is 0 Å². The number of nitrogens with two attached hydrogens (primary N) is 1. The number of hydrogen-bond donors (Lipinski definition) is 2. The van der Waals surface area contributed by atoms with E-state index in [0.29, 0.717) is 0 Å². The summed E-state index contributed by atoms with van der Waals surface area (Å²) in [4.78, 5) is 22.6. The zero-order chi connectivity index (χ0) is 16.3. The zero-order valence-corrected chi connectivity index (χ0v) is 10.5. The van der Waals surface area contributed by atoms with E-state index < -0.39 is 52.7 Å². The highest BCUT2D eigenvalue weighted by Gasteiger charge is 2.30. The number of nitrogens with one attached hydrogen (secondary N) is 1. The molecule has 0 aliphatic carbocycles. The Bertz CT molecular complexity index is 565. The minimum Gasteiger partial charge on any atom is -0.464 e. The van der Waals surface area contributed by atoms with Gasteiger partial charge in [-0.15, -0.1) is 0 Å². The van der Waals surface area contributed by atoms with Crippen molar-refractivity contribution in [1.82, 2.24) is 0 Å². The molecular weight excluding hydrogens is 303 g/mol. The second-order valence-electron chi connectivity index (χ2n) is 3.66. The van der Waals surface area contributed by atoms with Crippen molar-refractivity contribution in [2.24, 2.45) is 5.73 Å². The minimum absolute atomic E-state index is 0.123. The molecule has 0 aliphatic heterocycles. The first-order valence-corrected chi connectivity index (χ1v) is 5.46. The molecule has 21 heavy (non-hydrogen) atoms. The van der Waals surface area contributed by atoms with Crippen LogP contribution in [0.3, 0.4) is 0 Å². The second kappa shape index (κ2) is 6.48. The van der Waals surface area contributed by atoms with Gasteiger partial charge in [0, 0.05) is 0 Å². The Morgan fingerprint density at radius 2 is 1.48 bits per heavy atom. The molecular formula is C11H9F5N2O3. The largest absolute Gasteiger partial charge is 0.464 e. The van der Waals surface area contributed by atoms with Crippen molar-refractivity contribution in [2.45, 2.75) is 13.0 Å². The molecule has 1 aromatic rings. The Balaban J connectivity index is 3.09. The molecule has 0 aromatic heterocycles. The predicted octanol–water partition coefficient (Wildman–Crippen LogP) is 1.21. The van der Waals surface area contributed by atoms with E-state index in [0.717, 1.165) is 0 Å². The average molecular weight is 312 g/mol. The van der Waals surface area contributed by atoms with E-state index in [9.17, 15) is 31.5 Å². The van der Waals surface area contributed by atoms with Crippen molar-refractivity contribution in [3.8, 4) is 0 Å². The Hall–Kier alpha value is -2.23. The van der Waals surface area contributed by atoms with Crippen LogP contribution < -0.4 is 11.1 Å². The van der Waals surface area contributed by atoms with E-state index in [1.54, 1.807) is 0 Å². The normalized spacial score (nSPS) is 12.0. The first kappa shape index (κ1) is 16.8. The fourth-order valence-electron chi connectivity index (χ4n) is 1.25. The molecule has 0 saturated carbocycles. The summed E-state index contributed by atoms with van der Waals surface area (Å²) in [5.74, 6) is -14.1. The number of rotatable bonds is 4. The molecule has 0 aliphatic rings. The van der Waals surface area contributed by atoms with Gasteiger partial charge in [0.05, 0.1) is 6.61 Å². The van der Waals surface area contributed by atoms with Gasteiger partial charge < -0.3 is 15.8 Å². The van der Waals surface area contributed by atoms with Gasteiger partial charge in [-0.3, -0.25) is 4.79 Å². The number of carbonyl (C=O) groups is 2. The maximum Gasteiger partial charge on any atom is 0.332 e. The average Bonchev–Trinajstić information content (AvgIpc) is 2.46. The van der Waals surface area contributed by atoms with Gasteiger partial charge in [-0.25, -0.2) is 26.7 Å². The summed E-state index contributed by atoms with van der Waals surface area (Å²) in [7, 11) is 0. The Morgan fingerprint density at radius 3 is 1.90 bits per heavy atom. The molecule has 0 saturated heterocycles. The van der Waals surface area contributed by atoms with Crippen LogP contribution in [0.15, 0.2) is 0 Å². The van der Waals surface area contributed by atoms with Gasteiger partial charge in [0.2, 0.25) is 5.82 Å². The van der Waals surface area contributed by atoms with Crippen molar-refractivity contribution in [3.05, 3.63) is 29.1 Å². The van der Waals surface area contributed by atoms with E-state index in [4.69, 9.17) is 5.73 Å². The highest BCUT2D eigenvalue weighted by molar-refractivity contribution is 6.08. The van der Waals surface area contributed by atoms with Gasteiger partial charge in [0.1, 0.15) is 5.69 Å². The molecule has 5 nitrogen and oxygen atoms in total. The molecule has 0 bridgehead atoms. The van der Waals surface area contributed by atoms with E-state index in [1.165, 1.54) is 12.2 Å². The summed E-state index contributed by atoms with van der Waals surface area (Å²) < 4.78 is 69.5. The lowest BCUT2D eigenvalue weighted by molar-refractivity contribution is -0.146. The van der Waals surface area contributed by atoms with Gasteiger partial charge in [-0.1, -0.05) is 0 Å². The smallest absolute Gasteiger partial charge is 0.332 e. The zero-order valence-electron chi connectivity index (χ0n) is 10.5. The van der Waals surface area contributed by atoms with Gasteiger partial charge in [0.25, 0.3) is 5.91 Å². The van der Waals surface area contributed by atoms with Crippen LogP contribution in [0.4, 0.5) is 27.6 Å². The van der Waals surface area contributed by atoms with Crippen molar-refractivity contribution >= 4 is 17.6 Å². The molecule has 0 fully saturated rings. The van der Waals surface area contributed by atoms with Crippen LogP contribution in [-0.4, -0.2) is 24.5 Å². The SMILES string of the molecule is CCOC(=O)C(N)C(=O)Nc1c(F)c(F)c(F)c(F)c1F. The highest BCUT2D eigenvalue weighted by atomic mass is 19.2. The monoisotopic (exact) mass is 312 g/mol. The third-order valence-corrected chi connectivity index (χ3v) is 2.28. The third kappa shape index (κ3) is 3.27. The molecule has 0 heterocycles. The van der Waals surface area contributed by atoms with Crippen molar-refractivity contribution in [3.63, 3.8) is 0 Å². The second-order valence-corrected chi connectivity index (χ2v) is 3.66. The van der Waals surface area contributed by atoms with Crippen LogP contribution in [0.5, 0.6) is 0 Å². The number of amides is 1. The maximum absolute atomic E-state index is 13.3. The van der Waals surface area contributed by atoms with E-state index in [2.05, 4.69) is 4.74 Å². The lowest BCUT2D eigenvalue weighted by Crippen LogP contribution is -2.43. The summed E-state index contributed by atoms with van der Waals surface area (Å²) in [5.41, 5.74) is 3.51. The lowest BCUT2D eigenvalue weighted by Gasteiger charge is -2.13. The van der Waals surface area contributed by atoms with Crippen LogP contribution in [0, 0.1) is 29.1 Å². The van der Waals surface area contributed by atoms with E-state index in [-0.39, 0.29) is 6.61 Å². The molecule has 10 heteroatoms. The minimum atomic E-state index is -2.38. The van der Waals surface area contributed by atoms with Crippen LogP contribution in [0.1, 0.15) is 6.92 Å². The number of ether oxygens (including phenoxy) is 1. The van der Waals surface area contributed by atoms with Crippen molar-refractivity contribution in [2.75, 3.05) is 11.9 Å². The molecule has 1 aromatic carbocycles. The molecule has 1 atom stereocenters. The number of esters is 1. The van der Waals surface area contributed by atoms with E-state index in [1.807, 2.05) is 0 Å². The lowest BCUT2D eigenvalue weighted by atomic mass is 10.2. The summed E-state index contributed by atoms with van der Waals surface area (Å²) in [5, 5.41) is 1.37. The summed E-state index contributed by atoms with van der Waals surface area (Å²) in [6.07, 6.45) is 0. The summed E-state index contributed by atoms with van der Waals surface area (Å²) in [6, 6.07) is -1.99. The quantitative estimate of drug-likeness (QED) is 0.288. The standard InChI is InChI=1S/C11H9F5N2O3/c1-2-21-11(20)8(17)10(19)18-9-6(15)4(13)3(12)5(14)7(9)16/h8H,2,17H2,1H3,(H,18,19). The molecule has 3 N–H and O–H groups in total. The Labute approximate surface area is 114 Å². The Kier molecular flexibility index (Phi) is 5.19. The summed E-state index contributed by atoms with van der Waals surface area (Å²) >= 11 is 0. The molecule has 1 amide bonds. The molecule has 1 unspecified atom stereocenters. The van der Waals surface area contributed by atoms with E-state index >= 15 is 0 Å². The number of anilines is 1. The molecule has 116 valence electrons. The molecule has 0 radical (unpaired) electrons. The number of benzene rings is 1. The number of carbonyl (C=O) groups excluding carboxylic acids is 2. The fourth-order valence-corrected chi connectivity index (χ4v) is 1.25. The fraction of sp³-hybridized carbons (Fsp3) is 0.273. The molecule has 1 rings (SSSR count). The predicted molar refractivity (Wildman–Crippen MR) is 59.5 cm³/mol. The maximum atomic E-state index is 13.3. The van der Waals surface area contributed by atoms with Crippen LogP contribution in [0.25, 0.3) is 0 Å². The van der Waals surface area contributed by atoms with Gasteiger partial charge in [-0.2, -0.15) is 0 Å². The summed E-state index contributed by atoms with van der Waals surface area (Å²) in [6.45, 7) is 1.29. The van der Waals surface area contributed by atoms with Gasteiger partial charge >= 0.3 is 5.97 Å².